The number of nitrogens with two attached hydrogens (primary N) is 1. The fourth-order valence-electron chi connectivity index (χ4n) is 11.6. The van der Waals surface area contributed by atoms with E-state index in [9.17, 15) is 19.8 Å². The first-order valence-electron chi connectivity index (χ1n) is 26.7. The van der Waals surface area contributed by atoms with E-state index in [0.29, 0.717) is 34.3 Å². The molecule has 398 valence electrons. The van der Waals surface area contributed by atoms with Crippen LogP contribution in [0, 0.1) is 18.8 Å². The van der Waals surface area contributed by atoms with Gasteiger partial charge in [-0.2, -0.15) is 5.10 Å². The summed E-state index contributed by atoms with van der Waals surface area (Å²) in [6.45, 7) is 15.9. The molecule has 7 aromatic rings. The highest BCUT2D eigenvalue weighted by molar-refractivity contribution is 7.13. The molecule has 5 N–H and O–H groups in total. The summed E-state index contributed by atoms with van der Waals surface area (Å²) >= 11 is 1.60. The van der Waals surface area contributed by atoms with Crippen molar-refractivity contribution in [2.45, 2.75) is 89.9 Å². The highest BCUT2D eigenvalue weighted by atomic mass is 32.1. The monoisotopic (exact) mass is 1050 g/mol. The number of para-hydroxylation sites is 1. The summed E-state index contributed by atoms with van der Waals surface area (Å²) in [5.41, 5.74) is 13.7. The molecule has 4 fully saturated rings. The number of hydrogen-bond donors (Lipinski definition) is 4. The van der Waals surface area contributed by atoms with E-state index in [4.69, 9.17) is 20.2 Å². The summed E-state index contributed by atoms with van der Waals surface area (Å²) in [6, 6.07) is 18.0. The van der Waals surface area contributed by atoms with E-state index >= 15 is 0 Å². The number of amides is 2. The molecule has 4 atom stereocenters. The molecule has 4 aliphatic rings. The first-order valence-corrected chi connectivity index (χ1v) is 27.6. The van der Waals surface area contributed by atoms with Crippen molar-refractivity contribution in [1.29, 1.82) is 0 Å². The lowest BCUT2D eigenvalue weighted by atomic mass is 9.91. The highest BCUT2D eigenvalue weighted by Crippen LogP contribution is 2.36. The number of thiazole rings is 1. The van der Waals surface area contributed by atoms with Crippen molar-refractivity contribution >= 4 is 57.5 Å². The fourth-order valence-corrected chi connectivity index (χ4v) is 12.4. The number of β-amino-alcohol motifs (C(OH)–C–C–N with tert-alkyl or cyclic N) is 1. The molecule has 21 heteroatoms. The molecule has 5 aromatic heterocycles. The number of carbonyl (C=O) groups is 2. The van der Waals surface area contributed by atoms with Gasteiger partial charge >= 0.3 is 0 Å². The minimum atomic E-state index is -0.806. The molecule has 11 rings (SSSR count). The molecule has 76 heavy (non-hydrogen) atoms. The second kappa shape index (κ2) is 21.8. The summed E-state index contributed by atoms with van der Waals surface area (Å²) in [4.78, 5) is 54.4. The third kappa shape index (κ3) is 10.5. The van der Waals surface area contributed by atoms with E-state index in [1.807, 2.05) is 98.8 Å². The van der Waals surface area contributed by atoms with Crippen molar-refractivity contribution in [2.24, 2.45) is 11.8 Å². The van der Waals surface area contributed by atoms with Gasteiger partial charge in [-0.3, -0.25) is 19.2 Å². The summed E-state index contributed by atoms with van der Waals surface area (Å²) in [5.74, 6) is 2.68. The summed E-state index contributed by atoms with van der Waals surface area (Å²) in [5, 5.41) is 42.2. The number of nitrogen functional groups attached to an aromatic ring is 1. The summed E-state index contributed by atoms with van der Waals surface area (Å²) in [7, 11) is 0. The number of piperidine rings is 2. The zero-order chi connectivity index (χ0) is 52.6. The zero-order valence-corrected chi connectivity index (χ0v) is 44.4. The molecule has 1 unspecified atom stereocenters. The van der Waals surface area contributed by atoms with Gasteiger partial charge < -0.3 is 45.4 Å². The van der Waals surface area contributed by atoms with Crippen molar-refractivity contribution in [3.63, 3.8) is 0 Å². The van der Waals surface area contributed by atoms with E-state index < -0.39 is 18.1 Å². The number of nitrogens with one attached hydrogen (secondary N) is 1. The van der Waals surface area contributed by atoms with Gasteiger partial charge in [0.05, 0.1) is 57.9 Å². The number of aromatic nitrogens is 8. The molecule has 0 radical (unpaired) electrons. The van der Waals surface area contributed by atoms with Gasteiger partial charge in [0, 0.05) is 83.5 Å². The maximum absolute atomic E-state index is 14.4. The van der Waals surface area contributed by atoms with Crippen LogP contribution in [0.2, 0.25) is 0 Å². The number of phenolic OH excluding ortho intramolecular Hbond substituents is 1. The van der Waals surface area contributed by atoms with Gasteiger partial charge in [0.15, 0.2) is 22.9 Å². The molecule has 2 amide bonds. The highest BCUT2D eigenvalue weighted by Gasteiger charge is 2.44. The van der Waals surface area contributed by atoms with Gasteiger partial charge in [-0.25, -0.2) is 15.0 Å². The van der Waals surface area contributed by atoms with Crippen molar-refractivity contribution in [3.8, 4) is 27.4 Å². The zero-order valence-electron chi connectivity index (χ0n) is 43.6. The lowest BCUT2D eigenvalue weighted by molar-refractivity contribution is -0.141. The number of fused-ring (bicyclic) bond motifs is 1. The van der Waals surface area contributed by atoms with Crippen LogP contribution in [-0.2, 0) is 9.59 Å². The number of piperazine rings is 1. The third-order valence-electron chi connectivity index (χ3n) is 16.0. The predicted octanol–water partition coefficient (Wildman–Crippen LogP) is 6.45. The number of carbonyl (C=O) groups excluding carboxylic acids is 2. The van der Waals surface area contributed by atoms with Crippen molar-refractivity contribution in [2.75, 3.05) is 85.9 Å². The summed E-state index contributed by atoms with van der Waals surface area (Å²) < 4.78 is 7.92. The van der Waals surface area contributed by atoms with E-state index in [-0.39, 0.29) is 48.5 Å². The van der Waals surface area contributed by atoms with Gasteiger partial charge in [0.1, 0.15) is 29.3 Å². The molecule has 0 bridgehead atoms. The lowest BCUT2D eigenvalue weighted by Crippen LogP contribution is -2.49. The number of aromatic hydroxyl groups is 1. The molecule has 20 nitrogen and oxygen atoms in total. The largest absolute Gasteiger partial charge is 0.507 e. The standard InChI is InChI=1S/C55H67N15O5S/c1-33(2)50(55(74)69-31-40(71)25-44(69)54(73)60-34(3)37-9-11-38(12-10-37)52-35(4)59-32-76-52)46-27-47(64-75-46)66-17-13-36(14-18-66)30-65-21-23-68(24-22-65)49-29-57-48(28-58-49)67-19-15-39(16-20-67)70-43-26-42(41-7-5-6-8-45(41)72)61-62-51(43)53(56)63-70/h5-12,26-29,32-34,36,39-40,44,50,71-72H,13-25,30-31H2,1-4H3,(H2,56,63)(H,60,73)/t34-,40+,44-,50?/m0/s1. The quantitative estimate of drug-likeness (QED) is 0.0916. The number of hydrogen-bond acceptors (Lipinski definition) is 18. The number of nitrogens with zero attached hydrogens (tertiary/aromatic N) is 13. The predicted molar refractivity (Wildman–Crippen MR) is 292 cm³/mol. The van der Waals surface area contributed by atoms with Gasteiger partial charge in [0.2, 0.25) is 11.8 Å². The van der Waals surface area contributed by atoms with Gasteiger partial charge in [-0.15, -0.1) is 21.5 Å². The van der Waals surface area contributed by atoms with Crippen LogP contribution in [-0.4, -0.2) is 150 Å². The number of likely N-dealkylation sites (tertiary alicyclic amines) is 1. The SMILES string of the molecule is Cc1ncsc1-c1ccc([C@H](C)NC(=O)[C@@H]2C[C@@H](O)CN2C(=O)C(c2cc(N3CCC(CN4CCN(c5cnc(N6CCC(n7nc(N)c8nnc(-c9ccccc9O)cc87)CC6)cn5)CC4)CC3)no2)C(C)C)cc1. The Hall–Kier alpha value is -7.23. The van der Waals surface area contributed by atoms with E-state index in [2.05, 4.69) is 50.4 Å². The minimum absolute atomic E-state index is 0.0799. The average Bonchev–Trinajstić information content (AvgIpc) is 4.27. The van der Waals surface area contributed by atoms with Crippen LogP contribution in [0.4, 0.5) is 23.3 Å². The van der Waals surface area contributed by atoms with Crippen molar-refractivity contribution < 1.29 is 24.3 Å². The van der Waals surface area contributed by atoms with Crippen LogP contribution in [0.25, 0.3) is 32.7 Å². The van der Waals surface area contributed by atoms with Crippen LogP contribution in [0.3, 0.4) is 0 Å². The van der Waals surface area contributed by atoms with Crippen molar-refractivity contribution in [1.82, 2.24) is 55.2 Å². The number of aliphatic hydroxyl groups is 1. The number of benzene rings is 2. The molecule has 2 aromatic carbocycles. The van der Waals surface area contributed by atoms with Crippen LogP contribution in [0.5, 0.6) is 5.75 Å². The van der Waals surface area contributed by atoms with Gasteiger partial charge in [-0.1, -0.05) is 55.4 Å². The van der Waals surface area contributed by atoms with Crippen molar-refractivity contribution in [3.05, 3.63) is 95.6 Å². The smallest absolute Gasteiger partial charge is 0.243 e. The Labute approximate surface area is 445 Å². The van der Waals surface area contributed by atoms with E-state index in [0.717, 1.165) is 129 Å². The first kappa shape index (κ1) is 50.9. The summed E-state index contributed by atoms with van der Waals surface area (Å²) in [6.07, 6.45) is 6.91. The minimum Gasteiger partial charge on any atom is -0.507 e. The topological polar surface area (TPSA) is 237 Å². The molecular weight excluding hydrogens is 983 g/mol. The number of aliphatic hydroxyl groups excluding tert-OH is 1. The Kier molecular flexibility index (Phi) is 14.6. The van der Waals surface area contributed by atoms with Crippen LogP contribution in [0.15, 0.2) is 83.1 Å². The maximum atomic E-state index is 14.4. The molecule has 0 saturated carbocycles. The number of rotatable bonds is 14. The van der Waals surface area contributed by atoms with Crippen LogP contribution < -0.4 is 25.8 Å². The van der Waals surface area contributed by atoms with Gasteiger partial charge in [0.25, 0.3) is 0 Å². The second-order valence-corrected chi connectivity index (χ2v) is 22.2. The van der Waals surface area contributed by atoms with Crippen LogP contribution >= 0.6 is 11.3 Å². The molecular formula is C55H67N15O5S. The molecule has 4 aliphatic heterocycles. The maximum Gasteiger partial charge on any atom is 0.243 e. The molecule has 0 aliphatic carbocycles. The van der Waals surface area contributed by atoms with Crippen LogP contribution in [0.1, 0.15) is 87.9 Å². The second-order valence-electron chi connectivity index (χ2n) is 21.3. The molecule has 4 saturated heterocycles. The molecule has 0 spiro atoms. The van der Waals surface area contributed by atoms with E-state index in [1.54, 1.807) is 23.5 Å². The van der Waals surface area contributed by atoms with E-state index in [1.165, 1.54) is 4.90 Å². The normalized spacial score (nSPS) is 20.0. The Morgan fingerprint density at radius 2 is 1.53 bits per heavy atom. The Balaban J connectivity index is 0.631. The Bertz CT molecular complexity index is 3140. The molecule has 9 heterocycles. The number of anilines is 4. The lowest BCUT2D eigenvalue weighted by Gasteiger charge is -2.39. The third-order valence-corrected chi connectivity index (χ3v) is 16.9. The van der Waals surface area contributed by atoms with Gasteiger partial charge in [-0.05, 0) is 80.7 Å². The number of aryl methyl sites for hydroxylation is 1. The Morgan fingerprint density at radius 1 is 0.842 bits per heavy atom. The number of phenols is 1. The first-order chi connectivity index (χ1) is 36.8. The average molecular weight is 1050 g/mol. The Morgan fingerprint density at radius 3 is 2.20 bits per heavy atom. The fraction of sp³-hybridized carbons (Fsp3) is 0.473.